The molecule has 0 aliphatic carbocycles. The number of nitrogen functional groups attached to an aromatic ring is 1. The number of rotatable bonds is 2. The highest BCUT2D eigenvalue weighted by Crippen LogP contribution is 2.54. The van der Waals surface area contributed by atoms with E-state index in [9.17, 15) is 13.2 Å². The van der Waals surface area contributed by atoms with Crippen molar-refractivity contribution in [3.63, 3.8) is 0 Å². The van der Waals surface area contributed by atoms with Crippen molar-refractivity contribution in [2.75, 3.05) is 5.73 Å². The Morgan fingerprint density at radius 2 is 0.909 bits per heavy atom. The predicted octanol–water partition coefficient (Wildman–Crippen LogP) is 11.6. The fraction of sp³-hybridized carbons (Fsp3) is 0.0556. The Labute approximate surface area is 234 Å². The summed E-state index contributed by atoms with van der Waals surface area (Å²) in [4.78, 5) is 3.60. The van der Waals surface area contributed by atoms with Gasteiger partial charge in [0.2, 0.25) is 0 Å². The van der Waals surface area contributed by atoms with Gasteiger partial charge in [-0.3, -0.25) is 0 Å². The number of halogens is 13. The molecule has 0 amide bonds. The lowest BCUT2D eigenvalue weighted by atomic mass is 9.98. The molecule has 0 unspecified atom stereocenters. The van der Waals surface area contributed by atoms with E-state index in [1.54, 1.807) is 0 Å². The van der Waals surface area contributed by atoms with E-state index in [0.717, 1.165) is 0 Å². The van der Waals surface area contributed by atoms with Crippen LogP contribution in [-0.2, 0) is 6.18 Å². The van der Waals surface area contributed by atoms with E-state index in [4.69, 9.17) is 122 Å². The highest BCUT2D eigenvalue weighted by Gasteiger charge is 2.36. The molecule has 0 aliphatic heterocycles. The van der Waals surface area contributed by atoms with E-state index in [-0.39, 0.29) is 72.6 Å². The fourth-order valence-electron chi connectivity index (χ4n) is 2.75. The summed E-state index contributed by atoms with van der Waals surface area (Å²) < 4.78 is 41.3. The van der Waals surface area contributed by atoms with Crippen LogP contribution in [0.5, 0.6) is 0 Å². The van der Waals surface area contributed by atoms with Gasteiger partial charge in [-0.05, 0) is 6.07 Å². The molecule has 0 atom stereocenters. The molecule has 176 valence electrons. The van der Waals surface area contributed by atoms with Crippen molar-refractivity contribution in [2.24, 2.45) is 0 Å². The highest BCUT2D eigenvalue weighted by molar-refractivity contribution is 6.58. The van der Waals surface area contributed by atoms with Gasteiger partial charge in [-0.15, -0.1) is 0 Å². The Hall–Kier alpha value is 0.0800. The number of nitrogens with two attached hydrogens (primary N) is 1. The maximum Gasteiger partial charge on any atom is 0.433 e. The predicted molar refractivity (Wildman–Crippen MR) is 135 cm³/mol. The standard InChI is InChI=1S/C18H3Cl10F3N2/c19-6-4(7(20)11(24)14(27)10(6)23)2-1-3(18(29,30)31)33-17(16(2)32)5-8(21)12(25)15(28)13(26)9(5)22/h1H,32H2. The molecule has 0 saturated carbocycles. The molecule has 3 rings (SSSR count). The van der Waals surface area contributed by atoms with Gasteiger partial charge >= 0.3 is 6.18 Å². The zero-order valence-corrected chi connectivity index (χ0v) is 22.6. The van der Waals surface area contributed by atoms with E-state index in [1.165, 1.54) is 0 Å². The van der Waals surface area contributed by atoms with Crippen LogP contribution in [0, 0.1) is 0 Å². The summed E-state index contributed by atoms with van der Waals surface area (Å²) in [7, 11) is 0. The van der Waals surface area contributed by atoms with Crippen molar-refractivity contribution in [2.45, 2.75) is 6.18 Å². The van der Waals surface area contributed by atoms with Gasteiger partial charge in [0.15, 0.2) is 0 Å². The van der Waals surface area contributed by atoms with Crippen molar-refractivity contribution in [3.05, 3.63) is 62.0 Å². The second-order valence-corrected chi connectivity index (χ2v) is 9.98. The van der Waals surface area contributed by atoms with Gasteiger partial charge < -0.3 is 5.73 Å². The normalized spacial score (nSPS) is 11.9. The maximum absolute atomic E-state index is 13.8. The first-order chi connectivity index (χ1) is 15.1. The summed E-state index contributed by atoms with van der Waals surface area (Å²) in [6.45, 7) is 0. The Bertz CT molecular complexity index is 1180. The molecule has 0 radical (unpaired) electrons. The van der Waals surface area contributed by atoms with Crippen LogP contribution < -0.4 is 5.73 Å². The number of pyridine rings is 1. The number of hydrogen-bond acceptors (Lipinski definition) is 2. The smallest absolute Gasteiger partial charge is 0.396 e. The van der Waals surface area contributed by atoms with E-state index in [1.807, 2.05) is 0 Å². The molecular weight excluding hydrogens is 656 g/mol. The van der Waals surface area contributed by atoms with E-state index in [0.29, 0.717) is 6.07 Å². The van der Waals surface area contributed by atoms with E-state index < -0.39 is 17.6 Å². The second-order valence-electron chi connectivity index (χ2n) is 6.20. The van der Waals surface area contributed by atoms with Gasteiger partial charge in [-0.2, -0.15) is 13.2 Å². The second kappa shape index (κ2) is 9.85. The molecule has 0 spiro atoms. The number of hydrogen-bond donors (Lipinski definition) is 1. The first-order valence-electron chi connectivity index (χ1n) is 8.02. The number of benzene rings is 2. The molecule has 0 fully saturated rings. The fourth-order valence-corrected chi connectivity index (χ4v) is 5.41. The van der Waals surface area contributed by atoms with Crippen LogP contribution in [0.1, 0.15) is 5.69 Å². The maximum atomic E-state index is 13.8. The number of anilines is 1. The number of alkyl halides is 3. The molecule has 2 N–H and O–H groups in total. The molecule has 2 aromatic carbocycles. The SMILES string of the molecule is Nc1c(-c2c(Cl)c(Cl)c(Cl)c(Cl)c2Cl)cc(C(F)(F)F)nc1-c1c(Cl)c(Cl)c(Cl)c(Cl)c1Cl. The summed E-state index contributed by atoms with van der Waals surface area (Å²) in [5.41, 5.74) is 3.04. The quantitative estimate of drug-likeness (QED) is 0.220. The van der Waals surface area contributed by atoms with Crippen LogP contribution in [0.25, 0.3) is 22.4 Å². The third-order valence-corrected chi connectivity index (χ3v) is 8.83. The minimum absolute atomic E-state index is 0.205. The van der Waals surface area contributed by atoms with Crippen molar-refractivity contribution in [1.82, 2.24) is 4.98 Å². The lowest BCUT2D eigenvalue weighted by Crippen LogP contribution is -2.11. The summed E-state index contributed by atoms with van der Waals surface area (Å²) in [6, 6.07) is 0.605. The molecule has 33 heavy (non-hydrogen) atoms. The minimum atomic E-state index is -4.95. The van der Waals surface area contributed by atoms with E-state index >= 15 is 0 Å². The average Bonchev–Trinajstić information content (AvgIpc) is 2.75. The lowest BCUT2D eigenvalue weighted by molar-refractivity contribution is -0.141. The lowest BCUT2D eigenvalue weighted by Gasteiger charge is -2.20. The van der Waals surface area contributed by atoms with Crippen LogP contribution in [0.4, 0.5) is 18.9 Å². The number of nitrogens with zero attached hydrogens (tertiary/aromatic N) is 1. The Morgan fingerprint density at radius 1 is 0.576 bits per heavy atom. The van der Waals surface area contributed by atoms with Gasteiger partial charge in [-0.1, -0.05) is 116 Å². The summed E-state index contributed by atoms with van der Waals surface area (Å²) in [5, 5.41) is -2.81. The molecule has 15 heteroatoms. The monoisotopic (exact) mass is 654 g/mol. The Balaban J connectivity index is 2.56. The van der Waals surface area contributed by atoms with Gasteiger partial charge in [0.1, 0.15) is 5.69 Å². The highest BCUT2D eigenvalue weighted by atomic mass is 35.5. The Kier molecular flexibility index (Phi) is 8.26. The third-order valence-electron chi connectivity index (χ3n) is 4.27. The van der Waals surface area contributed by atoms with Crippen LogP contribution in [0.3, 0.4) is 0 Å². The van der Waals surface area contributed by atoms with Gasteiger partial charge in [0.05, 0.1) is 61.6 Å². The Morgan fingerprint density at radius 3 is 1.27 bits per heavy atom. The molecule has 2 nitrogen and oxygen atoms in total. The molecular formula is C18H3Cl10F3N2. The van der Waals surface area contributed by atoms with Gasteiger partial charge in [0, 0.05) is 16.7 Å². The van der Waals surface area contributed by atoms with Crippen LogP contribution in [0.2, 0.25) is 50.2 Å². The molecule has 1 aromatic heterocycles. The van der Waals surface area contributed by atoms with Gasteiger partial charge in [-0.25, -0.2) is 4.98 Å². The summed E-state index contributed by atoms with van der Waals surface area (Å²) in [5.74, 6) is 0. The average molecular weight is 659 g/mol. The minimum Gasteiger partial charge on any atom is -0.396 e. The molecule has 0 bridgehead atoms. The molecule has 1 heterocycles. The first kappa shape index (κ1) is 27.7. The van der Waals surface area contributed by atoms with Crippen molar-refractivity contribution < 1.29 is 13.2 Å². The van der Waals surface area contributed by atoms with Crippen molar-refractivity contribution in [3.8, 4) is 22.4 Å². The molecule has 0 saturated heterocycles. The largest absolute Gasteiger partial charge is 0.433 e. The molecule has 0 aliphatic rings. The first-order valence-corrected chi connectivity index (χ1v) is 11.8. The topological polar surface area (TPSA) is 38.9 Å². The molecule has 3 aromatic rings. The summed E-state index contributed by atoms with van der Waals surface area (Å²) in [6.07, 6.45) is -4.95. The van der Waals surface area contributed by atoms with Crippen LogP contribution in [-0.4, -0.2) is 4.98 Å². The van der Waals surface area contributed by atoms with Crippen LogP contribution >= 0.6 is 116 Å². The third kappa shape index (κ3) is 4.76. The number of aromatic nitrogens is 1. The van der Waals surface area contributed by atoms with E-state index in [2.05, 4.69) is 4.98 Å². The van der Waals surface area contributed by atoms with Crippen LogP contribution in [0.15, 0.2) is 6.07 Å². The zero-order chi connectivity index (χ0) is 25.2. The summed E-state index contributed by atoms with van der Waals surface area (Å²) >= 11 is 61.2. The zero-order valence-electron chi connectivity index (χ0n) is 15.0. The van der Waals surface area contributed by atoms with Crippen molar-refractivity contribution >= 4 is 122 Å². The van der Waals surface area contributed by atoms with Gasteiger partial charge in [0.25, 0.3) is 0 Å². The van der Waals surface area contributed by atoms with Crippen molar-refractivity contribution in [1.29, 1.82) is 0 Å².